The summed E-state index contributed by atoms with van der Waals surface area (Å²) in [5.41, 5.74) is -0.0874. The summed E-state index contributed by atoms with van der Waals surface area (Å²) >= 11 is 0. The van der Waals surface area contributed by atoms with Gasteiger partial charge in [0, 0.05) is 12.0 Å². The van der Waals surface area contributed by atoms with E-state index >= 15 is 0 Å². The summed E-state index contributed by atoms with van der Waals surface area (Å²) in [5.74, 6) is -1.32. The molecule has 2 aliphatic rings. The zero-order valence-electron chi connectivity index (χ0n) is 12.9. The highest BCUT2D eigenvalue weighted by molar-refractivity contribution is 5.96. The average molecular weight is 346 g/mol. The molecule has 1 unspecified atom stereocenters. The quantitative estimate of drug-likeness (QED) is 0.824. The number of nitrogens with one attached hydrogen (secondary N) is 2. The first kappa shape index (κ1) is 17.0. The molecule has 0 aromatic heterocycles. The maximum atomic E-state index is 13.4. The van der Waals surface area contributed by atoms with Gasteiger partial charge in [0.25, 0.3) is 0 Å². The Morgan fingerprint density at radius 2 is 2.04 bits per heavy atom. The Labute approximate surface area is 136 Å². The molecule has 2 fully saturated rings. The van der Waals surface area contributed by atoms with Gasteiger partial charge >= 0.3 is 6.18 Å². The molecule has 24 heavy (non-hydrogen) atoms. The Morgan fingerprint density at radius 1 is 1.33 bits per heavy atom. The normalized spacial score (nSPS) is 22.2. The lowest BCUT2D eigenvalue weighted by atomic mass is 9.92. The van der Waals surface area contributed by atoms with Crippen LogP contribution >= 0.6 is 0 Å². The first-order chi connectivity index (χ1) is 11.3. The fourth-order valence-corrected chi connectivity index (χ4v) is 3.30. The highest BCUT2D eigenvalue weighted by Gasteiger charge is 2.57. The number of ether oxygens (including phenoxy) is 1. The Hall–Kier alpha value is -1.83. The topological polar surface area (TPSA) is 50.4 Å². The van der Waals surface area contributed by atoms with Crippen LogP contribution in [0.1, 0.15) is 19.3 Å². The molecule has 8 heteroatoms. The number of alkyl halides is 3. The van der Waals surface area contributed by atoms with E-state index in [1.807, 2.05) is 0 Å². The molecule has 3 rings (SSSR count). The molecule has 1 heterocycles. The summed E-state index contributed by atoms with van der Waals surface area (Å²) in [6.45, 7) is 0.202. The van der Waals surface area contributed by atoms with Crippen molar-refractivity contribution in [1.29, 1.82) is 0 Å². The van der Waals surface area contributed by atoms with Crippen LogP contribution in [0.25, 0.3) is 0 Å². The number of benzene rings is 1. The number of amides is 1. The third kappa shape index (κ3) is 3.80. The number of hydrogen-bond donors (Lipinski definition) is 2. The molecular formula is C16H18F4N2O2. The molecular weight excluding hydrogens is 328 g/mol. The van der Waals surface area contributed by atoms with Crippen molar-refractivity contribution in [2.24, 2.45) is 11.3 Å². The van der Waals surface area contributed by atoms with Crippen LogP contribution in [0.2, 0.25) is 0 Å². The van der Waals surface area contributed by atoms with Gasteiger partial charge in [0.05, 0.1) is 5.69 Å². The Morgan fingerprint density at radius 3 is 2.71 bits per heavy atom. The third-order valence-electron chi connectivity index (χ3n) is 4.70. The molecule has 1 spiro atoms. The second-order valence-corrected chi connectivity index (χ2v) is 6.40. The van der Waals surface area contributed by atoms with E-state index in [9.17, 15) is 22.4 Å². The smallest absolute Gasteiger partial charge is 0.422 e. The Balaban J connectivity index is 1.68. The lowest BCUT2D eigenvalue weighted by molar-refractivity contribution is -0.153. The molecule has 1 saturated heterocycles. The van der Waals surface area contributed by atoms with Crippen LogP contribution in [-0.2, 0) is 4.79 Å². The Kier molecular flexibility index (Phi) is 4.42. The number of hydrogen-bond acceptors (Lipinski definition) is 3. The number of rotatable bonds is 4. The van der Waals surface area contributed by atoms with Gasteiger partial charge in [-0.15, -0.1) is 0 Å². The van der Waals surface area contributed by atoms with Gasteiger partial charge in [-0.25, -0.2) is 4.39 Å². The lowest BCUT2D eigenvalue weighted by Gasteiger charge is -2.23. The number of piperidine rings is 1. The van der Waals surface area contributed by atoms with E-state index < -0.39 is 18.6 Å². The second-order valence-electron chi connectivity index (χ2n) is 6.40. The highest BCUT2D eigenvalue weighted by Crippen LogP contribution is 2.58. The van der Waals surface area contributed by atoms with Crippen LogP contribution in [0.5, 0.6) is 5.75 Å². The molecule has 1 aliphatic heterocycles. The fraction of sp³-hybridized carbons (Fsp3) is 0.562. The van der Waals surface area contributed by atoms with Crippen LogP contribution in [0.3, 0.4) is 0 Å². The van der Waals surface area contributed by atoms with Gasteiger partial charge in [0.2, 0.25) is 5.91 Å². The van der Waals surface area contributed by atoms with Crippen molar-refractivity contribution in [2.75, 3.05) is 25.0 Å². The van der Waals surface area contributed by atoms with Crippen LogP contribution in [-0.4, -0.2) is 31.8 Å². The van der Waals surface area contributed by atoms with E-state index in [0.717, 1.165) is 50.6 Å². The monoisotopic (exact) mass is 346 g/mol. The maximum Gasteiger partial charge on any atom is 0.422 e. The van der Waals surface area contributed by atoms with Crippen molar-refractivity contribution in [3.63, 3.8) is 0 Å². The summed E-state index contributed by atoms with van der Waals surface area (Å²) in [4.78, 5) is 12.4. The van der Waals surface area contributed by atoms with Crippen molar-refractivity contribution < 1.29 is 27.1 Å². The van der Waals surface area contributed by atoms with Crippen LogP contribution < -0.4 is 15.4 Å². The van der Waals surface area contributed by atoms with Gasteiger partial charge in [-0.3, -0.25) is 4.79 Å². The summed E-state index contributed by atoms with van der Waals surface area (Å²) in [6.07, 6.45) is -1.96. The van der Waals surface area contributed by atoms with Crippen LogP contribution in [0, 0.1) is 17.2 Å². The van der Waals surface area contributed by atoms with Gasteiger partial charge in [-0.1, -0.05) is 0 Å². The molecule has 1 atom stereocenters. The van der Waals surface area contributed by atoms with Crippen LogP contribution in [0.15, 0.2) is 18.2 Å². The predicted octanol–water partition coefficient (Wildman–Crippen LogP) is 3.10. The minimum absolute atomic E-state index is 0.0182. The molecule has 1 amide bonds. The first-order valence-electron chi connectivity index (χ1n) is 7.80. The van der Waals surface area contributed by atoms with Gasteiger partial charge in [-0.2, -0.15) is 13.2 Å². The van der Waals surface area contributed by atoms with E-state index in [2.05, 4.69) is 15.4 Å². The van der Waals surface area contributed by atoms with Gasteiger partial charge < -0.3 is 15.4 Å². The maximum absolute atomic E-state index is 13.4. The summed E-state index contributed by atoms with van der Waals surface area (Å²) in [7, 11) is 0. The molecule has 2 N–H and O–H groups in total. The number of carbonyl (C=O) groups is 1. The van der Waals surface area contributed by atoms with E-state index in [1.165, 1.54) is 0 Å². The molecule has 1 aromatic carbocycles. The van der Waals surface area contributed by atoms with E-state index in [4.69, 9.17) is 0 Å². The number of halogens is 4. The minimum atomic E-state index is -4.51. The van der Waals surface area contributed by atoms with Crippen molar-refractivity contribution in [1.82, 2.24) is 5.32 Å². The average Bonchev–Trinajstić information content (AvgIpc) is 3.19. The van der Waals surface area contributed by atoms with E-state index in [-0.39, 0.29) is 28.7 Å². The van der Waals surface area contributed by atoms with E-state index in [0.29, 0.717) is 0 Å². The molecule has 0 bridgehead atoms. The van der Waals surface area contributed by atoms with Gasteiger partial charge in [0.15, 0.2) is 6.61 Å². The molecule has 4 nitrogen and oxygen atoms in total. The fourth-order valence-electron chi connectivity index (χ4n) is 3.30. The molecule has 0 radical (unpaired) electrons. The summed E-state index contributed by atoms with van der Waals surface area (Å²) in [5, 5.41) is 5.76. The third-order valence-corrected chi connectivity index (χ3v) is 4.70. The first-order valence-corrected chi connectivity index (χ1v) is 7.80. The summed E-state index contributed by atoms with van der Waals surface area (Å²) < 4.78 is 55.0. The largest absolute Gasteiger partial charge is 0.482 e. The molecule has 132 valence electrons. The standard InChI is InChI=1S/C16H18F4N2O2/c17-10-1-2-13(24-9-16(18,19)20)12(7-10)22-14(23)11-8-15(11)3-5-21-6-4-15/h1-2,7,11,21H,3-6,8-9H2,(H,22,23). The van der Waals surface area contributed by atoms with Gasteiger partial charge in [-0.05, 0) is 49.9 Å². The second kappa shape index (κ2) is 6.23. The molecule has 1 aromatic rings. The SMILES string of the molecule is O=C(Nc1cc(F)ccc1OCC(F)(F)F)C1CC12CCNCC2. The van der Waals surface area contributed by atoms with Crippen molar-refractivity contribution in [3.8, 4) is 5.75 Å². The van der Waals surface area contributed by atoms with Crippen molar-refractivity contribution >= 4 is 11.6 Å². The number of anilines is 1. The van der Waals surface area contributed by atoms with Crippen LogP contribution in [0.4, 0.5) is 23.2 Å². The van der Waals surface area contributed by atoms with Gasteiger partial charge in [0.1, 0.15) is 11.6 Å². The van der Waals surface area contributed by atoms with Crippen molar-refractivity contribution in [2.45, 2.75) is 25.4 Å². The molecule has 1 saturated carbocycles. The summed E-state index contributed by atoms with van der Waals surface area (Å²) in [6, 6.07) is 3.05. The zero-order valence-corrected chi connectivity index (χ0v) is 12.9. The minimum Gasteiger partial charge on any atom is -0.482 e. The Bertz CT molecular complexity index is 627. The molecule has 1 aliphatic carbocycles. The predicted molar refractivity (Wildman–Crippen MR) is 79.2 cm³/mol. The lowest BCUT2D eigenvalue weighted by Crippen LogP contribution is -2.31. The zero-order chi connectivity index (χ0) is 17.4. The highest BCUT2D eigenvalue weighted by atomic mass is 19.4. The number of carbonyl (C=O) groups excluding carboxylic acids is 1. The van der Waals surface area contributed by atoms with Crippen molar-refractivity contribution in [3.05, 3.63) is 24.0 Å². The van der Waals surface area contributed by atoms with E-state index in [1.54, 1.807) is 0 Å².